The van der Waals surface area contributed by atoms with Gasteiger partial charge in [-0.2, -0.15) is 13.2 Å². The minimum Gasteiger partial charge on any atom is -0.493 e. The van der Waals surface area contributed by atoms with E-state index < -0.39 is 31.4 Å². The number of amides is 2. The Kier molecular flexibility index (Phi) is 10.9. The molecule has 274 valence electrons. The molecule has 0 radical (unpaired) electrons. The van der Waals surface area contributed by atoms with Gasteiger partial charge in [-0.1, -0.05) is 19.6 Å². The van der Waals surface area contributed by atoms with Crippen LogP contribution in [0.5, 0.6) is 5.75 Å². The van der Waals surface area contributed by atoms with E-state index in [0.717, 1.165) is 31.0 Å². The molecule has 14 heteroatoms. The number of alkyl halides is 3. The van der Waals surface area contributed by atoms with Gasteiger partial charge in [0.2, 0.25) is 0 Å². The fraction of sp³-hybridized carbons (Fsp3) is 0.611. The maximum absolute atomic E-state index is 14.1. The van der Waals surface area contributed by atoms with Crippen molar-refractivity contribution in [1.82, 2.24) is 24.8 Å². The van der Waals surface area contributed by atoms with Gasteiger partial charge in [0.1, 0.15) is 30.0 Å². The molecule has 2 aromatic heterocycles. The predicted octanol–water partition coefficient (Wildman–Crippen LogP) is 8.35. The molecule has 5 rings (SSSR count). The van der Waals surface area contributed by atoms with Crippen LogP contribution in [0, 0.1) is 12.8 Å². The number of benzene rings is 1. The fourth-order valence-electron chi connectivity index (χ4n) is 6.69. The highest BCUT2D eigenvalue weighted by Gasteiger charge is 2.37. The normalized spacial score (nSPS) is 18.7. The van der Waals surface area contributed by atoms with E-state index in [0.29, 0.717) is 67.1 Å². The molecule has 2 aliphatic rings. The number of carboxylic acid groups (broad SMARTS) is 1. The summed E-state index contributed by atoms with van der Waals surface area (Å²) >= 11 is 0. The molecule has 2 saturated carbocycles. The average molecular weight is 718 g/mol. The van der Waals surface area contributed by atoms with Gasteiger partial charge in [0.25, 0.3) is 5.91 Å². The Bertz CT molecular complexity index is 1700. The van der Waals surface area contributed by atoms with Crippen LogP contribution in [0.3, 0.4) is 0 Å². The summed E-state index contributed by atoms with van der Waals surface area (Å²) in [6.45, 7) is 15.1. The molecular weight excluding hydrogens is 668 g/mol. The van der Waals surface area contributed by atoms with Crippen LogP contribution >= 0.6 is 0 Å². The largest absolute Gasteiger partial charge is 0.493 e. The summed E-state index contributed by atoms with van der Waals surface area (Å²) < 4.78 is 56.0. The van der Waals surface area contributed by atoms with Gasteiger partial charge < -0.3 is 29.4 Å². The number of hydrogen-bond acceptors (Lipinski definition) is 6. The molecule has 0 spiro atoms. The van der Waals surface area contributed by atoms with Gasteiger partial charge in [0, 0.05) is 43.6 Å². The Labute approximate surface area is 292 Å². The number of ether oxygens (including phenoxy) is 2. The summed E-state index contributed by atoms with van der Waals surface area (Å²) in [5, 5.41) is 13.0. The minimum atomic E-state index is -4.59. The average Bonchev–Trinajstić information content (AvgIpc) is 3.79. The van der Waals surface area contributed by atoms with Gasteiger partial charge in [0.05, 0.1) is 23.3 Å². The second-order valence-electron chi connectivity index (χ2n) is 15.9. The zero-order chi connectivity index (χ0) is 36.6. The van der Waals surface area contributed by atoms with E-state index in [2.05, 4.69) is 34.9 Å². The summed E-state index contributed by atoms with van der Waals surface area (Å²) in [7, 11) is -1.42. The minimum absolute atomic E-state index is 0.0562. The fourth-order valence-corrected chi connectivity index (χ4v) is 7.45. The smallest absolute Gasteiger partial charge is 0.416 e. The van der Waals surface area contributed by atoms with Crippen molar-refractivity contribution in [1.29, 1.82) is 0 Å². The summed E-state index contributed by atoms with van der Waals surface area (Å²) in [6.07, 6.45) is 0.146. The topological polar surface area (TPSA) is 119 Å². The molecule has 3 aromatic rings. The second kappa shape index (κ2) is 14.5. The first kappa shape index (κ1) is 37.6. The van der Waals surface area contributed by atoms with Crippen LogP contribution < -0.4 is 10.1 Å². The Hall–Kier alpha value is -3.65. The number of aromatic nitrogens is 3. The van der Waals surface area contributed by atoms with Crippen LogP contribution in [-0.2, 0) is 17.6 Å². The zero-order valence-corrected chi connectivity index (χ0v) is 31.1. The molecule has 50 heavy (non-hydrogen) atoms. The van der Waals surface area contributed by atoms with Gasteiger partial charge in [-0.15, -0.1) is 0 Å². The highest BCUT2D eigenvalue weighted by atomic mass is 28.3. The van der Waals surface area contributed by atoms with Crippen molar-refractivity contribution in [2.45, 2.75) is 122 Å². The lowest BCUT2D eigenvalue weighted by Crippen LogP contribution is -2.53. The highest BCUT2D eigenvalue weighted by Crippen LogP contribution is 2.41. The van der Waals surface area contributed by atoms with Gasteiger partial charge in [-0.25, -0.2) is 14.8 Å². The number of nitrogens with one attached hydrogen (secondary N) is 1. The third-order valence-electron chi connectivity index (χ3n) is 9.60. The van der Waals surface area contributed by atoms with Crippen LogP contribution in [0.2, 0.25) is 25.7 Å². The molecule has 2 N–H and O–H groups in total. The molecule has 2 heterocycles. The summed E-state index contributed by atoms with van der Waals surface area (Å²) in [5.74, 6) is 0.289. The second-order valence-corrected chi connectivity index (χ2v) is 21.5. The van der Waals surface area contributed by atoms with Crippen molar-refractivity contribution in [3.05, 3.63) is 41.3 Å². The molecule has 2 aliphatic carbocycles. The quantitative estimate of drug-likeness (QED) is 0.143. The van der Waals surface area contributed by atoms with Crippen molar-refractivity contribution >= 4 is 31.1 Å². The van der Waals surface area contributed by atoms with Gasteiger partial charge in [-0.05, 0) is 96.4 Å². The third-order valence-corrected chi connectivity index (χ3v) is 11.3. The highest BCUT2D eigenvalue weighted by molar-refractivity contribution is 6.76. The van der Waals surface area contributed by atoms with E-state index >= 15 is 0 Å². The molecular formula is C36H50F3N5O5Si. The Balaban J connectivity index is 1.51. The first-order chi connectivity index (χ1) is 23.3. The van der Waals surface area contributed by atoms with Crippen LogP contribution in [0.15, 0.2) is 24.5 Å². The molecule has 0 saturated heterocycles. The first-order valence-corrected chi connectivity index (χ1v) is 21.1. The van der Waals surface area contributed by atoms with E-state index in [-0.39, 0.29) is 41.7 Å². The Morgan fingerprint density at radius 1 is 1.06 bits per heavy atom. The Morgan fingerprint density at radius 2 is 1.74 bits per heavy atom. The molecule has 2 amide bonds. The van der Waals surface area contributed by atoms with Crippen molar-refractivity contribution in [2.75, 3.05) is 13.2 Å². The van der Waals surface area contributed by atoms with E-state index in [1.807, 2.05) is 20.8 Å². The summed E-state index contributed by atoms with van der Waals surface area (Å²) in [6, 6.07) is 3.97. The lowest BCUT2D eigenvalue weighted by Gasteiger charge is -2.42. The molecule has 2 fully saturated rings. The third kappa shape index (κ3) is 8.79. The number of rotatable bonds is 12. The lowest BCUT2D eigenvalue weighted by atomic mass is 9.88. The molecule has 0 atom stereocenters. The van der Waals surface area contributed by atoms with E-state index in [1.165, 1.54) is 17.3 Å². The maximum atomic E-state index is 14.1. The monoisotopic (exact) mass is 717 g/mol. The molecule has 10 nitrogen and oxygen atoms in total. The first-order valence-electron chi connectivity index (χ1n) is 17.4. The van der Waals surface area contributed by atoms with Gasteiger partial charge >= 0.3 is 12.3 Å². The van der Waals surface area contributed by atoms with E-state index in [1.54, 1.807) is 11.5 Å². The van der Waals surface area contributed by atoms with Crippen LogP contribution in [0.25, 0.3) is 22.3 Å². The van der Waals surface area contributed by atoms with Crippen LogP contribution in [0.1, 0.15) is 80.9 Å². The SMILES string of the molecule is Cc1c(C(=O)N[C@H]2CC[C@@H](N(C(=O)O)C(C)(C)C)CC2)c2ncnc(-c3cc(C(F)(F)F)ccc3OCC3CC3)c2n1COCC[Si](C)(C)C. The number of carbonyl (C=O) groups is 2. The van der Waals surface area contributed by atoms with E-state index in [9.17, 15) is 27.9 Å². The molecule has 1 aromatic carbocycles. The van der Waals surface area contributed by atoms with Crippen molar-refractivity contribution in [3.63, 3.8) is 0 Å². The van der Waals surface area contributed by atoms with Crippen LogP contribution in [-0.4, -0.2) is 75.5 Å². The van der Waals surface area contributed by atoms with Crippen molar-refractivity contribution < 1.29 is 37.3 Å². The van der Waals surface area contributed by atoms with Crippen molar-refractivity contribution in [3.8, 4) is 17.0 Å². The number of hydrogen-bond donors (Lipinski definition) is 2. The summed E-state index contributed by atoms with van der Waals surface area (Å²) in [4.78, 5) is 36.7. The standard InChI is InChI=1S/C36H50F3N5O5Si/c1-22-29(33(45)42-25-11-13-26(14-12-25)44(34(46)47)35(2,3)4)31-32(43(22)21-48-16-17-50(5,6)7)30(40-20-41-31)27-18-24(36(37,38)39)10-15-28(27)49-19-23-8-9-23/h10,15,18,20,23,25-26H,8-9,11-14,16-17,19,21H2,1-7H3,(H,42,45)(H,46,47)/t25-,26+. The predicted molar refractivity (Wildman–Crippen MR) is 188 cm³/mol. The van der Waals surface area contributed by atoms with E-state index in [4.69, 9.17) is 9.47 Å². The lowest BCUT2D eigenvalue weighted by molar-refractivity contribution is -0.137. The molecule has 0 unspecified atom stereocenters. The summed E-state index contributed by atoms with van der Waals surface area (Å²) in [5.41, 5.74) is 0.558. The van der Waals surface area contributed by atoms with Gasteiger partial charge in [0.15, 0.2) is 0 Å². The van der Waals surface area contributed by atoms with Crippen LogP contribution in [0.4, 0.5) is 18.0 Å². The number of fused-ring (bicyclic) bond motifs is 1. The zero-order valence-electron chi connectivity index (χ0n) is 30.1. The number of carbonyl (C=O) groups excluding carboxylic acids is 1. The Morgan fingerprint density at radius 3 is 2.32 bits per heavy atom. The number of nitrogens with zero attached hydrogens (tertiary/aromatic N) is 4. The number of halogens is 3. The van der Waals surface area contributed by atoms with Crippen molar-refractivity contribution in [2.24, 2.45) is 5.92 Å². The molecule has 0 bridgehead atoms. The maximum Gasteiger partial charge on any atom is 0.416 e. The molecule has 0 aliphatic heterocycles. The van der Waals surface area contributed by atoms with Gasteiger partial charge in [-0.3, -0.25) is 4.79 Å².